The Morgan fingerprint density at radius 2 is 1.82 bits per heavy atom. The summed E-state index contributed by atoms with van der Waals surface area (Å²) in [4.78, 5) is 25.7. The number of halogens is 3. The van der Waals surface area contributed by atoms with Gasteiger partial charge in [-0.1, -0.05) is 23.9 Å². The molecule has 0 radical (unpaired) electrons. The highest BCUT2D eigenvalue weighted by Gasteiger charge is 2.33. The lowest BCUT2D eigenvalue weighted by atomic mass is 10.1. The highest BCUT2D eigenvalue weighted by atomic mass is 32.2. The van der Waals surface area contributed by atoms with Crippen molar-refractivity contribution in [2.45, 2.75) is 11.3 Å². The maximum atomic E-state index is 13.1. The molecule has 0 atom stereocenters. The van der Waals surface area contributed by atoms with E-state index < -0.39 is 30.1 Å². The van der Waals surface area contributed by atoms with Gasteiger partial charge in [0.25, 0.3) is 0 Å². The Bertz CT molecular complexity index is 1170. The van der Waals surface area contributed by atoms with Gasteiger partial charge in [-0.3, -0.25) is 9.59 Å². The Hall–Kier alpha value is -3.74. The standard InChI is InChI=1S/C21H21F3N6O3S/c1-29(11-17(31)26-16-6-4-3-5-15(16)21(22,23)24)18(32)12-34-20-28-27-19(30(20)25)13-7-9-14(33-2)10-8-13/h3-10H,11-12,25H2,1-2H3,(H,26,31). The fraction of sp³-hybridized carbons (Fsp3) is 0.238. The Morgan fingerprint density at radius 1 is 1.15 bits per heavy atom. The summed E-state index contributed by atoms with van der Waals surface area (Å²) >= 11 is 1.01. The first-order valence-electron chi connectivity index (χ1n) is 9.78. The van der Waals surface area contributed by atoms with E-state index in [0.717, 1.165) is 28.8 Å². The molecule has 0 unspecified atom stereocenters. The summed E-state index contributed by atoms with van der Waals surface area (Å²) in [5, 5.41) is 10.5. The van der Waals surface area contributed by atoms with Crippen LogP contribution >= 0.6 is 11.8 Å². The van der Waals surface area contributed by atoms with Crippen LogP contribution < -0.4 is 15.9 Å². The molecule has 13 heteroatoms. The van der Waals surface area contributed by atoms with Crippen LogP contribution in [0.2, 0.25) is 0 Å². The first kappa shape index (κ1) is 24.9. The third kappa shape index (κ3) is 5.98. The van der Waals surface area contributed by atoms with Crippen molar-refractivity contribution in [1.29, 1.82) is 0 Å². The number of para-hydroxylation sites is 1. The van der Waals surface area contributed by atoms with E-state index in [9.17, 15) is 22.8 Å². The molecule has 2 aromatic carbocycles. The molecule has 0 saturated heterocycles. The average Bonchev–Trinajstić information content (AvgIpc) is 3.17. The van der Waals surface area contributed by atoms with Crippen molar-refractivity contribution < 1.29 is 27.5 Å². The third-order valence-electron chi connectivity index (χ3n) is 4.65. The van der Waals surface area contributed by atoms with E-state index in [-0.39, 0.29) is 16.6 Å². The maximum absolute atomic E-state index is 13.1. The number of alkyl halides is 3. The Balaban J connectivity index is 1.56. The number of methoxy groups -OCH3 is 1. The lowest BCUT2D eigenvalue weighted by Crippen LogP contribution is -2.36. The minimum Gasteiger partial charge on any atom is -0.497 e. The van der Waals surface area contributed by atoms with Crippen LogP contribution in [0, 0.1) is 0 Å². The molecule has 180 valence electrons. The number of likely N-dealkylation sites (N-methyl/N-ethyl adjacent to an activating group) is 1. The molecular weight excluding hydrogens is 473 g/mol. The number of carbonyl (C=O) groups is 2. The van der Waals surface area contributed by atoms with Crippen LogP contribution in [-0.4, -0.2) is 58.0 Å². The number of aromatic nitrogens is 3. The largest absolute Gasteiger partial charge is 0.497 e. The number of carbonyl (C=O) groups excluding carboxylic acids is 2. The number of amides is 2. The second-order valence-electron chi connectivity index (χ2n) is 7.03. The average molecular weight is 494 g/mol. The molecule has 0 fully saturated rings. The van der Waals surface area contributed by atoms with Crippen molar-refractivity contribution in [3.8, 4) is 17.1 Å². The van der Waals surface area contributed by atoms with Crippen molar-refractivity contribution >= 4 is 29.3 Å². The molecule has 1 heterocycles. The number of hydrogen-bond donors (Lipinski definition) is 2. The van der Waals surface area contributed by atoms with Crippen LogP contribution in [0.4, 0.5) is 18.9 Å². The number of benzene rings is 2. The zero-order valence-corrected chi connectivity index (χ0v) is 19.0. The van der Waals surface area contributed by atoms with Crippen LogP contribution in [0.5, 0.6) is 5.75 Å². The molecule has 0 bridgehead atoms. The topological polar surface area (TPSA) is 115 Å². The van der Waals surface area contributed by atoms with E-state index in [4.69, 9.17) is 10.6 Å². The van der Waals surface area contributed by atoms with Gasteiger partial charge < -0.3 is 20.8 Å². The number of nitrogen functional groups attached to an aromatic ring is 1. The van der Waals surface area contributed by atoms with Gasteiger partial charge in [0.1, 0.15) is 5.75 Å². The minimum absolute atomic E-state index is 0.110. The molecule has 0 aliphatic heterocycles. The van der Waals surface area contributed by atoms with Crippen molar-refractivity contribution in [2.24, 2.45) is 0 Å². The Morgan fingerprint density at radius 3 is 2.47 bits per heavy atom. The second kappa shape index (κ2) is 10.5. The number of ether oxygens (including phenoxy) is 1. The SMILES string of the molecule is COc1ccc(-c2nnc(SCC(=O)N(C)CC(=O)Nc3ccccc3C(F)(F)F)n2N)cc1. The third-order valence-corrected chi connectivity index (χ3v) is 5.58. The van der Waals surface area contributed by atoms with Gasteiger partial charge in [-0.25, -0.2) is 4.68 Å². The van der Waals surface area contributed by atoms with E-state index in [1.807, 2.05) is 0 Å². The van der Waals surface area contributed by atoms with Gasteiger partial charge in [0, 0.05) is 12.6 Å². The Labute approximate surface area is 197 Å². The fourth-order valence-corrected chi connectivity index (χ4v) is 3.68. The highest BCUT2D eigenvalue weighted by Crippen LogP contribution is 2.34. The smallest absolute Gasteiger partial charge is 0.418 e. The summed E-state index contributed by atoms with van der Waals surface area (Å²) in [6, 6.07) is 11.6. The molecule has 0 spiro atoms. The number of thioether (sulfide) groups is 1. The quantitative estimate of drug-likeness (QED) is 0.366. The normalized spacial score (nSPS) is 11.2. The molecule has 1 aromatic heterocycles. The molecule has 0 aliphatic carbocycles. The second-order valence-corrected chi connectivity index (χ2v) is 7.98. The van der Waals surface area contributed by atoms with Gasteiger partial charge in [0.15, 0.2) is 5.82 Å². The number of nitrogens with two attached hydrogens (primary N) is 1. The van der Waals surface area contributed by atoms with Gasteiger partial charge in [-0.2, -0.15) is 13.2 Å². The van der Waals surface area contributed by atoms with Gasteiger partial charge in [-0.05, 0) is 36.4 Å². The molecule has 0 saturated carbocycles. The van der Waals surface area contributed by atoms with E-state index >= 15 is 0 Å². The maximum Gasteiger partial charge on any atom is 0.418 e. The summed E-state index contributed by atoms with van der Waals surface area (Å²) in [6.45, 7) is -0.433. The van der Waals surface area contributed by atoms with E-state index in [1.54, 1.807) is 31.4 Å². The van der Waals surface area contributed by atoms with Crippen LogP contribution in [0.1, 0.15) is 5.56 Å². The summed E-state index contributed by atoms with van der Waals surface area (Å²) < 4.78 is 45.6. The van der Waals surface area contributed by atoms with E-state index in [1.165, 1.54) is 23.9 Å². The summed E-state index contributed by atoms with van der Waals surface area (Å²) in [6.07, 6.45) is -4.62. The highest BCUT2D eigenvalue weighted by molar-refractivity contribution is 7.99. The first-order chi connectivity index (χ1) is 16.1. The summed E-state index contributed by atoms with van der Waals surface area (Å²) in [7, 11) is 2.92. The number of anilines is 1. The summed E-state index contributed by atoms with van der Waals surface area (Å²) in [5.41, 5.74) is -0.651. The van der Waals surface area contributed by atoms with E-state index in [2.05, 4.69) is 15.5 Å². The van der Waals surface area contributed by atoms with Gasteiger partial charge in [0.2, 0.25) is 17.0 Å². The van der Waals surface area contributed by atoms with Crippen molar-refractivity contribution in [3.05, 3.63) is 54.1 Å². The number of hydrogen-bond acceptors (Lipinski definition) is 7. The zero-order valence-electron chi connectivity index (χ0n) is 18.2. The van der Waals surface area contributed by atoms with Gasteiger partial charge in [0.05, 0.1) is 30.7 Å². The predicted molar refractivity (Wildman–Crippen MR) is 121 cm³/mol. The molecule has 3 N–H and O–H groups in total. The predicted octanol–water partition coefficient (Wildman–Crippen LogP) is 2.88. The van der Waals surface area contributed by atoms with Crippen molar-refractivity contribution in [2.75, 3.05) is 37.6 Å². The van der Waals surface area contributed by atoms with Crippen LogP contribution in [0.15, 0.2) is 53.7 Å². The number of rotatable bonds is 8. The van der Waals surface area contributed by atoms with Crippen LogP contribution in [-0.2, 0) is 15.8 Å². The lowest BCUT2D eigenvalue weighted by molar-refractivity contribution is -0.137. The van der Waals surface area contributed by atoms with E-state index in [0.29, 0.717) is 17.1 Å². The minimum atomic E-state index is -4.62. The molecule has 2 amide bonds. The molecule has 3 aromatic rings. The molecular formula is C21H21F3N6O3S. The lowest BCUT2D eigenvalue weighted by Gasteiger charge is -2.18. The molecule has 0 aliphatic rings. The first-order valence-corrected chi connectivity index (χ1v) is 10.8. The Kier molecular flexibility index (Phi) is 7.66. The van der Waals surface area contributed by atoms with Gasteiger partial charge in [-0.15, -0.1) is 10.2 Å². The van der Waals surface area contributed by atoms with Crippen LogP contribution in [0.25, 0.3) is 11.4 Å². The number of nitrogens with zero attached hydrogens (tertiary/aromatic N) is 4. The summed E-state index contributed by atoms with van der Waals surface area (Å²) in [5.74, 6) is 5.77. The molecule has 9 nitrogen and oxygen atoms in total. The fourth-order valence-electron chi connectivity index (χ4n) is 2.88. The van der Waals surface area contributed by atoms with Crippen LogP contribution in [0.3, 0.4) is 0 Å². The molecule has 34 heavy (non-hydrogen) atoms. The van der Waals surface area contributed by atoms with Crippen molar-refractivity contribution in [1.82, 2.24) is 19.8 Å². The van der Waals surface area contributed by atoms with Gasteiger partial charge >= 0.3 is 6.18 Å². The molecule has 3 rings (SSSR count). The monoisotopic (exact) mass is 494 g/mol. The number of nitrogens with one attached hydrogen (secondary N) is 1. The zero-order chi connectivity index (χ0) is 24.9. The van der Waals surface area contributed by atoms with Crippen molar-refractivity contribution in [3.63, 3.8) is 0 Å².